The Labute approximate surface area is 61.9 Å². The molecule has 1 rings (SSSR count). The highest BCUT2D eigenvalue weighted by atomic mass is 32.2. The van der Waals surface area contributed by atoms with Gasteiger partial charge < -0.3 is 5.73 Å². The van der Waals surface area contributed by atoms with E-state index in [2.05, 4.69) is 23.8 Å². The first kappa shape index (κ1) is 7.12. The van der Waals surface area contributed by atoms with Crippen molar-refractivity contribution in [1.29, 1.82) is 0 Å². The monoisotopic (exact) mass is 161 g/mol. The van der Waals surface area contributed by atoms with E-state index in [1.807, 2.05) is 0 Å². The average molecular weight is 161 g/mol. The highest BCUT2D eigenvalue weighted by Gasteiger charge is 1.99. The molecule has 0 saturated heterocycles. The molecule has 0 radical (unpaired) electrons. The lowest BCUT2D eigenvalue weighted by atomic mass is 10.6. The molecule has 2 N–H and O–H groups in total. The van der Waals surface area contributed by atoms with Gasteiger partial charge >= 0.3 is 0 Å². The Kier molecular flexibility index (Phi) is 2.57. The van der Waals surface area contributed by atoms with Gasteiger partial charge in [-0.05, 0) is 17.7 Å². The van der Waals surface area contributed by atoms with Crippen molar-refractivity contribution in [3.63, 3.8) is 0 Å². The van der Waals surface area contributed by atoms with E-state index in [-0.39, 0.29) is 10.9 Å². The fraction of sp³-hybridized carbons (Fsp3) is 0.167. The van der Waals surface area contributed by atoms with Gasteiger partial charge in [0, 0.05) is 9.73 Å². The summed E-state index contributed by atoms with van der Waals surface area (Å²) in [5, 5.41) is 2.24. The topological polar surface area (TPSA) is 26.0 Å². The first-order valence-electron chi connectivity index (χ1n) is 2.70. The zero-order valence-corrected chi connectivity index (χ0v) is 7.07. The maximum Gasteiger partial charge on any atom is 0.0163 e. The second-order valence-corrected chi connectivity index (χ2v) is 5.15. The summed E-state index contributed by atoms with van der Waals surface area (Å²) in [6.45, 7) is 0. The van der Waals surface area contributed by atoms with Gasteiger partial charge in [0.15, 0.2) is 0 Å². The van der Waals surface area contributed by atoms with Gasteiger partial charge in [0.1, 0.15) is 0 Å². The first-order chi connectivity index (χ1) is 4.34. The third-order valence-electron chi connectivity index (χ3n) is 1.12. The van der Waals surface area contributed by atoms with Crippen LogP contribution in [0.3, 0.4) is 0 Å². The molecule has 0 aliphatic carbocycles. The Hall–Kier alpha value is 0.01000. The van der Waals surface area contributed by atoms with Crippen molar-refractivity contribution in [2.45, 2.75) is 0 Å². The Bertz CT molecular complexity index is 181. The molecular weight excluding hydrogens is 150 g/mol. The SMILES string of the molecule is C[SH]1C=CC=C1[SH]=CN. The highest BCUT2D eigenvalue weighted by molar-refractivity contribution is 8.33. The van der Waals surface area contributed by atoms with E-state index in [0.717, 1.165) is 0 Å². The smallest absolute Gasteiger partial charge is 0.0163 e. The second-order valence-electron chi connectivity index (χ2n) is 1.76. The molecule has 0 spiro atoms. The molecule has 3 heteroatoms. The molecule has 0 aromatic carbocycles. The number of hydrogen-bond donors (Lipinski definition) is 3. The molecule has 0 aromatic heterocycles. The van der Waals surface area contributed by atoms with Crippen LogP contribution in [0.25, 0.3) is 0 Å². The predicted octanol–water partition coefficient (Wildman–Crippen LogP) is 1.17. The fourth-order valence-electron chi connectivity index (χ4n) is 0.663. The third-order valence-corrected chi connectivity index (χ3v) is 4.47. The Balaban J connectivity index is 2.64. The van der Waals surface area contributed by atoms with Crippen LogP contribution in [0.15, 0.2) is 21.8 Å². The largest absolute Gasteiger partial charge is 0.304 e. The van der Waals surface area contributed by atoms with Crippen molar-refractivity contribution in [2.24, 2.45) is 5.73 Å². The van der Waals surface area contributed by atoms with Gasteiger partial charge in [-0.1, -0.05) is 6.08 Å². The van der Waals surface area contributed by atoms with E-state index in [4.69, 9.17) is 5.73 Å². The number of hydrogen-bond acceptors (Lipinski definition) is 0. The molecular formula is C6H11NS2. The molecule has 1 nitrogen and oxygen atoms in total. The van der Waals surface area contributed by atoms with Gasteiger partial charge in [0.2, 0.25) is 0 Å². The summed E-state index contributed by atoms with van der Waals surface area (Å²) in [6.07, 6.45) is 6.50. The van der Waals surface area contributed by atoms with E-state index >= 15 is 0 Å². The molecule has 0 fully saturated rings. The van der Waals surface area contributed by atoms with E-state index < -0.39 is 0 Å². The van der Waals surface area contributed by atoms with Crippen LogP contribution >= 0.6 is 22.2 Å². The highest BCUT2D eigenvalue weighted by Crippen LogP contribution is 2.40. The molecule has 0 aromatic rings. The standard InChI is InChI=1S/C6H11NS2/c1-9-4-2-3-6(9)8-5-7/h2-5,8-9H,7H2,1H3. The summed E-state index contributed by atoms with van der Waals surface area (Å²) in [4.78, 5) is 0. The zero-order valence-electron chi connectivity index (χ0n) is 5.28. The molecule has 9 heavy (non-hydrogen) atoms. The molecule has 1 heterocycles. The lowest BCUT2D eigenvalue weighted by molar-refractivity contribution is 1.93. The second kappa shape index (κ2) is 3.25. The molecule has 1 aliphatic heterocycles. The van der Waals surface area contributed by atoms with Crippen molar-refractivity contribution in [3.8, 4) is 0 Å². The van der Waals surface area contributed by atoms with Crippen molar-refractivity contribution < 1.29 is 0 Å². The van der Waals surface area contributed by atoms with Crippen LogP contribution in [0.5, 0.6) is 0 Å². The Morgan fingerprint density at radius 3 is 3.00 bits per heavy atom. The third kappa shape index (κ3) is 1.71. The summed E-state index contributed by atoms with van der Waals surface area (Å²) in [5.74, 6) is 0. The van der Waals surface area contributed by atoms with E-state index in [9.17, 15) is 0 Å². The van der Waals surface area contributed by atoms with Gasteiger partial charge in [0.05, 0.1) is 0 Å². The van der Waals surface area contributed by atoms with Gasteiger partial charge in [-0.3, -0.25) is 0 Å². The lowest BCUT2D eigenvalue weighted by Crippen LogP contribution is -1.84. The van der Waals surface area contributed by atoms with E-state index in [1.54, 1.807) is 5.49 Å². The maximum absolute atomic E-state index is 5.27. The van der Waals surface area contributed by atoms with Crippen LogP contribution in [0.4, 0.5) is 0 Å². The Morgan fingerprint density at radius 1 is 1.78 bits per heavy atom. The molecule has 0 saturated carbocycles. The number of nitrogens with two attached hydrogens (primary N) is 1. The number of rotatable bonds is 1. The molecule has 0 bridgehead atoms. The van der Waals surface area contributed by atoms with Crippen molar-refractivity contribution in [1.82, 2.24) is 0 Å². The van der Waals surface area contributed by atoms with Gasteiger partial charge in [-0.25, -0.2) is 10.9 Å². The number of allylic oxidation sites excluding steroid dienone is 2. The van der Waals surface area contributed by atoms with Crippen LogP contribution < -0.4 is 5.73 Å². The minimum absolute atomic E-state index is 0.0226. The van der Waals surface area contributed by atoms with Gasteiger partial charge in [-0.2, -0.15) is 11.4 Å². The molecule has 52 valence electrons. The minimum Gasteiger partial charge on any atom is -0.304 e. The van der Waals surface area contributed by atoms with Crippen molar-refractivity contribution >= 4 is 27.7 Å². The minimum atomic E-state index is 0.0226. The lowest BCUT2D eigenvalue weighted by Gasteiger charge is -2.05. The molecule has 1 unspecified atom stereocenters. The molecule has 1 aliphatic rings. The van der Waals surface area contributed by atoms with Crippen LogP contribution in [-0.2, 0) is 0 Å². The summed E-state index contributed by atoms with van der Waals surface area (Å²) in [6, 6.07) is 0. The van der Waals surface area contributed by atoms with Crippen molar-refractivity contribution in [3.05, 3.63) is 21.8 Å². The molecule has 0 amide bonds. The van der Waals surface area contributed by atoms with Crippen molar-refractivity contribution in [2.75, 3.05) is 6.26 Å². The first-order valence-corrected chi connectivity index (χ1v) is 5.52. The van der Waals surface area contributed by atoms with Crippen LogP contribution in [0, 0.1) is 0 Å². The van der Waals surface area contributed by atoms with E-state index in [1.165, 1.54) is 15.6 Å². The molecule has 1 atom stereocenters. The summed E-state index contributed by atoms with van der Waals surface area (Å²) in [7, 11) is 0.0226. The maximum atomic E-state index is 5.27. The predicted molar refractivity (Wildman–Crippen MR) is 51.4 cm³/mol. The number of thiol groups is 2. The van der Waals surface area contributed by atoms with Crippen LogP contribution in [0.1, 0.15) is 0 Å². The Morgan fingerprint density at radius 2 is 2.56 bits per heavy atom. The normalized spacial score (nSPS) is 30.4. The van der Waals surface area contributed by atoms with Crippen LogP contribution in [0.2, 0.25) is 0 Å². The summed E-state index contributed by atoms with van der Waals surface area (Å²) >= 11 is 1.18. The quantitative estimate of drug-likeness (QED) is 0.391. The van der Waals surface area contributed by atoms with E-state index in [0.29, 0.717) is 0 Å². The average Bonchev–Trinajstić information content (AvgIpc) is 2.18. The zero-order chi connectivity index (χ0) is 6.69. The summed E-state index contributed by atoms with van der Waals surface area (Å²) < 4.78 is 1.45. The van der Waals surface area contributed by atoms with Gasteiger partial charge in [-0.15, -0.1) is 0 Å². The summed E-state index contributed by atoms with van der Waals surface area (Å²) in [5.41, 5.74) is 6.97. The van der Waals surface area contributed by atoms with Gasteiger partial charge in [0.25, 0.3) is 0 Å². The fourth-order valence-corrected chi connectivity index (χ4v) is 2.93. The van der Waals surface area contributed by atoms with Crippen LogP contribution in [-0.4, -0.2) is 11.7 Å².